The molecule has 4 nitrogen and oxygen atoms in total. The molecule has 1 heterocycles. The molecular weight excluding hydrogens is 154 g/mol. The predicted octanol–water partition coefficient (Wildman–Crippen LogP) is 0.444. The molecule has 1 aromatic heterocycles. The van der Waals surface area contributed by atoms with Gasteiger partial charge in [-0.15, -0.1) is 0 Å². The summed E-state index contributed by atoms with van der Waals surface area (Å²) in [7, 11) is 1.87. The third-order valence-electron chi connectivity index (χ3n) is 2.56. The van der Waals surface area contributed by atoms with Gasteiger partial charge in [-0.05, 0) is 12.8 Å². The van der Waals surface area contributed by atoms with Crippen LogP contribution in [0, 0.1) is 0 Å². The maximum absolute atomic E-state index is 9.60. The predicted molar refractivity (Wildman–Crippen MR) is 43.6 cm³/mol. The van der Waals surface area contributed by atoms with E-state index in [9.17, 15) is 5.11 Å². The number of rotatable bonds is 1. The smallest absolute Gasteiger partial charge is 0.138 e. The quantitative estimate of drug-likeness (QED) is 0.660. The molecule has 0 amide bonds. The van der Waals surface area contributed by atoms with Gasteiger partial charge in [0.1, 0.15) is 12.2 Å². The summed E-state index contributed by atoms with van der Waals surface area (Å²) >= 11 is 0. The van der Waals surface area contributed by atoms with Gasteiger partial charge in [-0.25, -0.2) is 4.98 Å². The lowest BCUT2D eigenvalue weighted by molar-refractivity contribution is 0.159. The molecule has 1 N–H and O–H groups in total. The van der Waals surface area contributed by atoms with Crippen LogP contribution in [-0.2, 0) is 7.05 Å². The van der Waals surface area contributed by atoms with Crippen molar-refractivity contribution < 1.29 is 5.11 Å². The minimum atomic E-state index is -0.215. The molecule has 0 aliphatic heterocycles. The van der Waals surface area contributed by atoms with Crippen LogP contribution in [0.4, 0.5) is 0 Å². The second kappa shape index (κ2) is 2.86. The van der Waals surface area contributed by atoms with E-state index >= 15 is 0 Å². The van der Waals surface area contributed by atoms with Crippen molar-refractivity contribution in [2.45, 2.75) is 31.3 Å². The Morgan fingerprint density at radius 3 is 2.92 bits per heavy atom. The number of nitrogens with zero attached hydrogens (tertiary/aromatic N) is 3. The molecule has 1 saturated carbocycles. The summed E-state index contributed by atoms with van der Waals surface area (Å²) in [6.45, 7) is 0. The minimum absolute atomic E-state index is 0.206. The third kappa shape index (κ3) is 1.12. The van der Waals surface area contributed by atoms with Gasteiger partial charge in [-0.3, -0.25) is 4.68 Å². The maximum Gasteiger partial charge on any atom is 0.138 e. The van der Waals surface area contributed by atoms with E-state index in [-0.39, 0.29) is 12.0 Å². The van der Waals surface area contributed by atoms with E-state index in [0.29, 0.717) is 0 Å². The fraction of sp³-hybridized carbons (Fsp3) is 0.750. The van der Waals surface area contributed by atoms with Crippen LogP contribution in [0.2, 0.25) is 0 Å². The molecule has 66 valence electrons. The number of aliphatic hydroxyl groups excluding tert-OH is 1. The van der Waals surface area contributed by atoms with Crippen LogP contribution in [0.15, 0.2) is 6.33 Å². The Bertz CT molecular complexity index is 271. The second-order valence-corrected chi connectivity index (χ2v) is 3.35. The van der Waals surface area contributed by atoms with Crippen molar-refractivity contribution in [2.75, 3.05) is 0 Å². The summed E-state index contributed by atoms with van der Waals surface area (Å²) in [4.78, 5) is 4.14. The summed E-state index contributed by atoms with van der Waals surface area (Å²) in [5.41, 5.74) is 0. The first-order valence-electron chi connectivity index (χ1n) is 4.31. The molecule has 2 rings (SSSR count). The highest BCUT2D eigenvalue weighted by Crippen LogP contribution is 2.32. The summed E-state index contributed by atoms with van der Waals surface area (Å²) in [6, 6.07) is 0. The molecule has 0 bridgehead atoms. The van der Waals surface area contributed by atoms with Gasteiger partial charge in [-0.2, -0.15) is 5.10 Å². The molecule has 2 unspecified atom stereocenters. The van der Waals surface area contributed by atoms with Gasteiger partial charge in [0.05, 0.1) is 6.10 Å². The first-order chi connectivity index (χ1) is 5.79. The van der Waals surface area contributed by atoms with Crippen LogP contribution < -0.4 is 0 Å². The molecule has 2 atom stereocenters. The number of aliphatic hydroxyl groups is 1. The number of hydrogen-bond donors (Lipinski definition) is 1. The van der Waals surface area contributed by atoms with Gasteiger partial charge in [0.2, 0.25) is 0 Å². The SMILES string of the molecule is Cn1ncnc1C1CCCC1O. The Balaban J connectivity index is 2.24. The molecule has 0 spiro atoms. The van der Waals surface area contributed by atoms with Crippen molar-refractivity contribution in [3.05, 3.63) is 12.2 Å². The van der Waals surface area contributed by atoms with Gasteiger partial charge >= 0.3 is 0 Å². The van der Waals surface area contributed by atoms with Crippen LogP contribution in [-0.4, -0.2) is 26.0 Å². The van der Waals surface area contributed by atoms with Crippen LogP contribution in [0.3, 0.4) is 0 Å². The van der Waals surface area contributed by atoms with E-state index in [2.05, 4.69) is 10.1 Å². The summed E-state index contributed by atoms with van der Waals surface area (Å²) in [5.74, 6) is 1.12. The van der Waals surface area contributed by atoms with Crippen LogP contribution in [0.25, 0.3) is 0 Å². The molecule has 1 aromatic rings. The molecule has 0 aromatic carbocycles. The summed E-state index contributed by atoms with van der Waals surface area (Å²) in [6.07, 6.45) is 4.36. The lowest BCUT2D eigenvalue weighted by Gasteiger charge is -2.12. The average molecular weight is 167 g/mol. The Morgan fingerprint density at radius 2 is 2.42 bits per heavy atom. The van der Waals surface area contributed by atoms with E-state index < -0.39 is 0 Å². The number of hydrogen-bond acceptors (Lipinski definition) is 3. The van der Waals surface area contributed by atoms with Gasteiger partial charge in [0, 0.05) is 13.0 Å². The van der Waals surface area contributed by atoms with E-state index in [1.807, 2.05) is 7.05 Å². The largest absolute Gasteiger partial charge is 0.392 e. The molecule has 1 aliphatic carbocycles. The zero-order valence-electron chi connectivity index (χ0n) is 7.14. The van der Waals surface area contributed by atoms with Crippen LogP contribution in [0.1, 0.15) is 31.0 Å². The fourth-order valence-electron chi connectivity index (χ4n) is 1.88. The van der Waals surface area contributed by atoms with Gasteiger partial charge in [0.15, 0.2) is 0 Å². The fourth-order valence-corrected chi connectivity index (χ4v) is 1.88. The van der Waals surface area contributed by atoms with Crippen molar-refractivity contribution in [1.29, 1.82) is 0 Å². The molecule has 4 heteroatoms. The second-order valence-electron chi connectivity index (χ2n) is 3.35. The highest BCUT2D eigenvalue weighted by atomic mass is 16.3. The van der Waals surface area contributed by atoms with Gasteiger partial charge < -0.3 is 5.11 Å². The average Bonchev–Trinajstić information content (AvgIpc) is 2.59. The van der Waals surface area contributed by atoms with Crippen molar-refractivity contribution in [2.24, 2.45) is 7.05 Å². The summed E-state index contributed by atoms with van der Waals surface area (Å²) < 4.78 is 1.75. The molecule has 1 fully saturated rings. The van der Waals surface area contributed by atoms with Crippen LogP contribution in [0.5, 0.6) is 0 Å². The number of aromatic nitrogens is 3. The summed E-state index contributed by atoms with van der Waals surface area (Å²) in [5, 5.41) is 13.6. The van der Waals surface area contributed by atoms with E-state index in [1.54, 1.807) is 11.0 Å². The first-order valence-corrected chi connectivity index (χ1v) is 4.31. The lowest BCUT2D eigenvalue weighted by atomic mass is 10.1. The van der Waals surface area contributed by atoms with Gasteiger partial charge in [0.25, 0.3) is 0 Å². The topological polar surface area (TPSA) is 50.9 Å². The van der Waals surface area contributed by atoms with Crippen LogP contribution >= 0.6 is 0 Å². The Kier molecular flexibility index (Phi) is 1.84. The number of aryl methyl sites for hydroxylation is 1. The minimum Gasteiger partial charge on any atom is -0.392 e. The van der Waals surface area contributed by atoms with E-state index in [1.165, 1.54) is 0 Å². The van der Waals surface area contributed by atoms with Crippen molar-refractivity contribution in [3.8, 4) is 0 Å². The zero-order chi connectivity index (χ0) is 8.55. The highest BCUT2D eigenvalue weighted by Gasteiger charge is 2.29. The Morgan fingerprint density at radius 1 is 1.58 bits per heavy atom. The normalized spacial score (nSPS) is 29.5. The molecule has 12 heavy (non-hydrogen) atoms. The first kappa shape index (κ1) is 7.73. The molecule has 0 radical (unpaired) electrons. The monoisotopic (exact) mass is 167 g/mol. The van der Waals surface area contributed by atoms with E-state index in [4.69, 9.17) is 0 Å². The van der Waals surface area contributed by atoms with Gasteiger partial charge in [-0.1, -0.05) is 6.42 Å². The maximum atomic E-state index is 9.60. The Labute approximate surface area is 71.2 Å². The van der Waals surface area contributed by atoms with Crippen molar-refractivity contribution in [3.63, 3.8) is 0 Å². The standard InChI is InChI=1S/C8H13N3O/c1-11-8(9-5-10-11)6-3-2-4-7(6)12/h5-7,12H,2-4H2,1H3. The van der Waals surface area contributed by atoms with Crippen molar-refractivity contribution in [1.82, 2.24) is 14.8 Å². The third-order valence-corrected chi connectivity index (χ3v) is 2.56. The lowest BCUT2D eigenvalue weighted by Crippen LogP contribution is -2.15. The highest BCUT2D eigenvalue weighted by molar-refractivity contribution is 5.01. The Hall–Kier alpha value is -0.900. The van der Waals surface area contributed by atoms with Crippen molar-refractivity contribution >= 4 is 0 Å². The van der Waals surface area contributed by atoms with E-state index in [0.717, 1.165) is 25.1 Å². The molecular formula is C8H13N3O. The molecule has 1 aliphatic rings. The zero-order valence-corrected chi connectivity index (χ0v) is 7.14. The molecule has 0 saturated heterocycles.